The zero-order chi connectivity index (χ0) is 19.2. The number of methoxy groups -OCH3 is 1. The highest BCUT2D eigenvalue weighted by molar-refractivity contribution is 7.89. The van der Waals surface area contributed by atoms with Crippen molar-refractivity contribution in [3.05, 3.63) is 29.8 Å². The van der Waals surface area contributed by atoms with Crippen molar-refractivity contribution in [2.45, 2.75) is 49.6 Å². The summed E-state index contributed by atoms with van der Waals surface area (Å²) in [6, 6.07) is 6.55. The van der Waals surface area contributed by atoms with Gasteiger partial charge in [0.25, 0.3) is 0 Å². The van der Waals surface area contributed by atoms with Crippen LogP contribution in [0.2, 0.25) is 0 Å². The van der Waals surface area contributed by atoms with Crippen LogP contribution in [-0.4, -0.2) is 40.1 Å². The van der Waals surface area contributed by atoms with E-state index < -0.39 is 15.6 Å². The lowest BCUT2D eigenvalue weighted by atomic mass is 9.74. The van der Waals surface area contributed by atoms with E-state index in [-0.39, 0.29) is 29.8 Å². The lowest BCUT2D eigenvalue weighted by Crippen LogP contribution is -2.52. The van der Waals surface area contributed by atoms with E-state index in [0.717, 1.165) is 31.2 Å². The average molecular weight is 384 g/mol. The average Bonchev–Trinajstić information content (AvgIpc) is 2.60. The molecular weight excluding hydrogens is 354 g/mol. The van der Waals surface area contributed by atoms with E-state index in [1.165, 1.54) is 13.2 Å². The highest BCUT2D eigenvalue weighted by Gasteiger charge is 2.37. The number of carbonyl (C=O) groups excluding carboxylic acids is 1. The minimum Gasteiger partial charge on any atom is -0.383 e. The molecule has 0 aromatic heterocycles. The summed E-state index contributed by atoms with van der Waals surface area (Å²) in [6.07, 6.45) is 3.68. The zero-order valence-electron chi connectivity index (χ0n) is 15.5. The molecule has 7 nitrogen and oxygen atoms in total. The molecule has 0 saturated heterocycles. The van der Waals surface area contributed by atoms with E-state index in [4.69, 9.17) is 10.5 Å². The molecule has 2 atom stereocenters. The van der Waals surface area contributed by atoms with Crippen molar-refractivity contribution in [1.82, 2.24) is 10.0 Å². The van der Waals surface area contributed by atoms with E-state index in [1.54, 1.807) is 18.2 Å². The molecule has 4 N–H and O–H groups in total. The standard InChI is InChI=1S/C18H29N3O4S/c1-18(19)9-4-3-8-16(18)17(22)20-13-14-6-5-7-15(12-14)26(23,24)21-10-11-25-2/h5-7,12,16,21H,3-4,8-11,13,19H2,1-2H3,(H,20,22). The van der Waals surface area contributed by atoms with Gasteiger partial charge in [0.2, 0.25) is 15.9 Å². The molecule has 8 heteroatoms. The molecule has 1 aromatic rings. The molecule has 146 valence electrons. The molecule has 0 heterocycles. The first-order chi connectivity index (χ1) is 12.3. The van der Waals surface area contributed by atoms with Crippen LogP contribution in [0.3, 0.4) is 0 Å². The van der Waals surface area contributed by atoms with Gasteiger partial charge in [-0.1, -0.05) is 25.0 Å². The fourth-order valence-electron chi connectivity index (χ4n) is 3.29. The Morgan fingerprint density at radius 3 is 2.85 bits per heavy atom. The van der Waals surface area contributed by atoms with Crippen molar-refractivity contribution in [3.8, 4) is 0 Å². The van der Waals surface area contributed by atoms with Gasteiger partial charge in [-0.2, -0.15) is 0 Å². The number of hydrogen-bond donors (Lipinski definition) is 3. The molecule has 2 rings (SSSR count). The lowest BCUT2D eigenvalue weighted by molar-refractivity contribution is -0.128. The Bertz CT molecular complexity index is 719. The molecular formula is C18H29N3O4S. The van der Waals surface area contributed by atoms with Gasteiger partial charge in [0, 0.05) is 25.7 Å². The van der Waals surface area contributed by atoms with Crippen LogP contribution >= 0.6 is 0 Å². The van der Waals surface area contributed by atoms with Crippen molar-refractivity contribution in [3.63, 3.8) is 0 Å². The number of carbonyl (C=O) groups is 1. The Balaban J connectivity index is 1.99. The van der Waals surface area contributed by atoms with Gasteiger partial charge >= 0.3 is 0 Å². The number of hydrogen-bond acceptors (Lipinski definition) is 5. The van der Waals surface area contributed by atoms with Crippen molar-refractivity contribution < 1.29 is 17.9 Å². The summed E-state index contributed by atoms with van der Waals surface area (Å²) < 4.78 is 31.8. The molecule has 0 spiro atoms. The Morgan fingerprint density at radius 2 is 2.15 bits per heavy atom. The number of amides is 1. The van der Waals surface area contributed by atoms with Crippen LogP contribution in [0.4, 0.5) is 0 Å². The number of nitrogens with one attached hydrogen (secondary N) is 2. The molecule has 1 aliphatic carbocycles. The molecule has 1 fully saturated rings. The molecule has 0 bridgehead atoms. The van der Waals surface area contributed by atoms with Crippen molar-refractivity contribution in [2.75, 3.05) is 20.3 Å². The quantitative estimate of drug-likeness (QED) is 0.583. The van der Waals surface area contributed by atoms with E-state index >= 15 is 0 Å². The summed E-state index contributed by atoms with van der Waals surface area (Å²) in [5.74, 6) is -0.278. The third kappa shape index (κ3) is 5.51. The predicted molar refractivity (Wildman–Crippen MR) is 99.9 cm³/mol. The molecule has 1 aliphatic rings. The van der Waals surface area contributed by atoms with Crippen LogP contribution in [0.5, 0.6) is 0 Å². The van der Waals surface area contributed by atoms with Crippen LogP contribution in [0.15, 0.2) is 29.2 Å². The van der Waals surface area contributed by atoms with Gasteiger partial charge in [0.05, 0.1) is 17.4 Å². The van der Waals surface area contributed by atoms with E-state index in [0.29, 0.717) is 6.61 Å². The van der Waals surface area contributed by atoms with Crippen LogP contribution in [0, 0.1) is 5.92 Å². The van der Waals surface area contributed by atoms with Gasteiger partial charge in [-0.3, -0.25) is 4.79 Å². The van der Waals surface area contributed by atoms with Crippen molar-refractivity contribution >= 4 is 15.9 Å². The first-order valence-corrected chi connectivity index (χ1v) is 10.4. The maximum absolute atomic E-state index is 12.5. The minimum absolute atomic E-state index is 0.0684. The third-order valence-electron chi connectivity index (χ3n) is 4.84. The van der Waals surface area contributed by atoms with Gasteiger partial charge in [-0.15, -0.1) is 0 Å². The number of benzene rings is 1. The van der Waals surface area contributed by atoms with E-state index in [1.807, 2.05) is 6.92 Å². The normalized spacial score (nSPS) is 23.6. The van der Waals surface area contributed by atoms with Gasteiger partial charge < -0.3 is 15.8 Å². The van der Waals surface area contributed by atoms with Crippen LogP contribution < -0.4 is 15.8 Å². The second-order valence-corrected chi connectivity index (χ2v) is 8.83. The minimum atomic E-state index is -3.60. The molecule has 0 radical (unpaired) electrons. The smallest absolute Gasteiger partial charge is 0.240 e. The topological polar surface area (TPSA) is 111 Å². The van der Waals surface area contributed by atoms with E-state index in [2.05, 4.69) is 10.0 Å². The molecule has 2 unspecified atom stereocenters. The molecule has 1 aromatic carbocycles. The summed E-state index contributed by atoms with van der Waals surface area (Å²) in [7, 11) is -2.09. The van der Waals surface area contributed by atoms with E-state index in [9.17, 15) is 13.2 Å². The first-order valence-electron chi connectivity index (χ1n) is 8.90. The van der Waals surface area contributed by atoms with Crippen molar-refractivity contribution in [2.24, 2.45) is 11.7 Å². The fourth-order valence-corrected chi connectivity index (χ4v) is 4.37. The zero-order valence-corrected chi connectivity index (χ0v) is 16.3. The lowest BCUT2D eigenvalue weighted by Gasteiger charge is -2.37. The number of ether oxygens (including phenoxy) is 1. The summed E-state index contributed by atoms with van der Waals surface area (Å²) in [6.45, 7) is 2.70. The molecule has 1 saturated carbocycles. The monoisotopic (exact) mass is 383 g/mol. The van der Waals surface area contributed by atoms with Gasteiger partial charge in [0.1, 0.15) is 0 Å². The third-order valence-corrected chi connectivity index (χ3v) is 6.30. The van der Waals surface area contributed by atoms with Crippen LogP contribution in [0.1, 0.15) is 38.2 Å². The van der Waals surface area contributed by atoms with Gasteiger partial charge in [0.15, 0.2) is 0 Å². The summed E-state index contributed by atoms with van der Waals surface area (Å²) >= 11 is 0. The van der Waals surface area contributed by atoms with Crippen LogP contribution in [0.25, 0.3) is 0 Å². The first kappa shape index (κ1) is 20.8. The Hall–Kier alpha value is -1.48. The second-order valence-electron chi connectivity index (χ2n) is 7.06. The van der Waals surface area contributed by atoms with Crippen molar-refractivity contribution in [1.29, 1.82) is 0 Å². The largest absolute Gasteiger partial charge is 0.383 e. The highest BCUT2D eigenvalue weighted by atomic mass is 32.2. The second kappa shape index (κ2) is 8.94. The van der Waals surface area contributed by atoms with Gasteiger partial charge in [-0.05, 0) is 37.5 Å². The maximum atomic E-state index is 12.5. The SMILES string of the molecule is COCCNS(=O)(=O)c1cccc(CNC(=O)C2CCCCC2(C)N)c1. The molecule has 0 aliphatic heterocycles. The number of rotatable bonds is 8. The van der Waals surface area contributed by atoms with Crippen LogP contribution in [-0.2, 0) is 26.1 Å². The Labute approximate surface area is 155 Å². The summed E-state index contributed by atoms with van der Waals surface area (Å²) in [5.41, 5.74) is 6.51. The summed E-state index contributed by atoms with van der Waals surface area (Å²) in [5, 5.41) is 2.90. The number of nitrogens with two attached hydrogens (primary N) is 1. The molecule has 1 amide bonds. The summed E-state index contributed by atoms with van der Waals surface area (Å²) in [4.78, 5) is 12.7. The predicted octanol–water partition coefficient (Wildman–Crippen LogP) is 1.14. The Kier molecular flexibility index (Phi) is 7.16. The number of sulfonamides is 1. The van der Waals surface area contributed by atoms with Gasteiger partial charge in [-0.25, -0.2) is 13.1 Å². The molecule has 26 heavy (non-hydrogen) atoms. The maximum Gasteiger partial charge on any atom is 0.240 e. The highest BCUT2D eigenvalue weighted by Crippen LogP contribution is 2.31. The Morgan fingerprint density at radius 1 is 1.38 bits per heavy atom. The fraction of sp³-hybridized carbons (Fsp3) is 0.611.